The largest absolute Gasteiger partial charge is 0.488 e. The van der Waals surface area contributed by atoms with E-state index in [0.29, 0.717) is 30.7 Å². The fourth-order valence-corrected chi connectivity index (χ4v) is 3.77. The van der Waals surface area contributed by atoms with E-state index in [1.54, 1.807) is 6.07 Å². The summed E-state index contributed by atoms with van der Waals surface area (Å²) < 4.78 is 19.8. The van der Waals surface area contributed by atoms with Crippen molar-refractivity contribution in [1.82, 2.24) is 5.32 Å². The average Bonchev–Trinajstić information content (AvgIpc) is 2.69. The number of amides is 1. The number of carbonyl (C=O) groups excluding carboxylic acids is 1. The molecule has 1 fully saturated rings. The van der Waals surface area contributed by atoms with Crippen molar-refractivity contribution in [1.29, 1.82) is 0 Å². The molecule has 0 bridgehead atoms. The van der Waals surface area contributed by atoms with Crippen LogP contribution in [0.25, 0.3) is 11.1 Å². The monoisotopic (exact) mass is 401 g/mol. The summed E-state index contributed by atoms with van der Waals surface area (Å²) in [5.41, 5.74) is 2.48. The molecule has 1 saturated carbocycles. The number of halogens is 1. The Morgan fingerprint density at radius 1 is 1.17 bits per heavy atom. The number of hydrogen-bond donors (Lipinski definition) is 3. The zero-order valence-corrected chi connectivity index (χ0v) is 16.8. The van der Waals surface area contributed by atoms with Gasteiger partial charge < -0.3 is 20.3 Å². The number of hydrogen-bond acceptors (Lipinski definition) is 4. The summed E-state index contributed by atoms with van der Waals surface area (Å²) in [4.78, 5) is 11.2. The lowest BCUT2D eigenvalue weighted by atomic mass is 9.84. The van der Waals surface area contributed by atoms with E-state index in [9.17, 15) is 19.4 Å². The molecule has 3 N–H and O–H groups in total. The van der Waals surface area contributed by atoms with E-state index < -0.39 is 18.3 Å². The standard InChI is InChI=1S/C23H28FNO4/c1-14-6-9-21(23(28)22(14)27)29-19-8-7-16(10-11-25-15(2)26)20(13-19)17-4-3-5-18(24)12-17/h3-5,7-8,12-14,21-23,27-28H,6,9-11H2,1-2H3,(H,25,26). The van der Waals surface area contributed by atoms with Crippen LogP contribution < -0.4 is 10.1 Å². The predicted molar refractivity (Wildman–Crippen MR) is 109 cm³/mol. The highest BCUT2D eigenvalue weighted by molar-refractivity contribution is 5.73. The van der Waals surface area contributed by atoms with Crippen LogP contribution in [0.1, 0.15) is 32.3 Å². The van der Waals surface area contributed by atoms with Gasteiger partial charge in [0.25, 0.3) is 0 Å². The first-order valence-electron chi connectivity index (χ1n) is 10.0. The van der Waals surface area contributed by atoms with Gasteiger partial charge in [0.05, 0.1) is 6.10 Å². The fourth-order valence-electron chi connectivity index (χ4n) is 3.77. The van der Waals surface area contributed by atoms with Crippen molar-refractivity contribution in [2.45, 2.75) is 51.4 Å². The van der Waals surface area contributed by atoms with Gasteiger partial charge >= 0.3 is 0 Å². The molecule has 4 atom stereocenters. The van der Waals surface area contributed by atoms with Crippen molar-refractivity contribution in [3.05, 3.63) is 53.8 Å². The maximum absolute atomic E-state index is 13.8. The van der Waals surface area contributed by atoms with Crippen LogP contribution in [0.5, 0.6) is 5.75 Å². The van der Waals surface area contributed by atoms with Gasteiger partial charge in [-0.3, -0.25) is 4.79 Å². The number of aliphatic hydroxyl groups is 2. The van der Waals surface area contributed by atoms with Gasteiger partial charge in [-0.25, -0.2) is 4.39 Å². The van der Waals surface area contributed by atoms with E-state index in [4.69, 9.17) is 4.74 Å². The van der Waals surface area contributed by atoms with Crippen molar-refractivity contribution in [2.75, 3.05) is 6.54 Å². The lowest BCUT2D eigenvalue weighted by Gasteiger charge is -2.36. The number of aliphatic hydroxyl groups excluding tert-OH is 2. The van der Waals surface area contributed by atoms with Crippen LogP contribution in [0.2, 0.25) is 0 Å². The topological polar surface area (TPSA) is 78.8 Å². The van der Waals surface area contributed by atoms with Crippen molar-refractivity contribution < 1.29 is 24.1 Å². The number of ether oxygens (including phenoxy) is 1. The molecule has 1 aliphatic carbocycles. The number of nitrogens with one attached hydrogen (secondary N) is 1. The van der Waals surface area contributed by atoms with Crippen molar-refractivity contribution in [2.24, 2.45) is 5.92 Å². The molecule has 4 unspecified atom stereocenters. The van der Waals surface area contributed by atoms with Crippen molar-refractivity contribution in [3.63, 3.8) is 0 Å². The van der Waals surface area contributed by atoms with Crippen LogP contribution in [0.3, 0.4) is 0 Å². The van der Waals surface area contributed by atoms with Gasteiger partial charge in [0, 0.05) is 13.5 Å². The van der Waals surface area contributed by atoms with Crippen LogP contribution in [-0.4, -0.2) is 41.0 Å². The molecule has 1 amide bonds. The Balaban J connectivity index is 1.85. The molecule has 3 rings (SSSR count). The Kier molecular flexibility index (Phi) is 6.87. The molecule has 0 saturated heterocycles. The second kappa shape index (κ2) is 9.37. The van der Waals surface area contributed by atoms with Crippen molar-refractivity contribution in [3.8, 4) is 16.9 Å². The summed E-state index contributed by atoms with van der Waals surface area (Å²) in [6, 6.07) is 11.9. The number of carbonyl (C=O) groups is 1. The Morgan fingerprint density at radius 2 is 1.97 bits per heavy atom. The normalized spacial score (nSPS) is 24.2. The van der Waals surface area contributed by atoms with E-state index in [2.05, 4.69) is 5.32 Å². The molecular weight excluding hydrogens is 373 g/mol. The minimum atomic E-state index is -0.948. The quantitative estimate of drug-likeness (QED) is 0.695. The van der Waals surface area contributed by atoms with Gasteiger partial charge in [-0.1, -0.05) is 25.1 Å². The lowest BCUT2D eigenvalue weighted by Crippen LogP contribution is -2.48. The smallest absolute Gasteiger partial charge is 0.216 e. The minimum Gasteiger partial charge on any atom is -0.488 e. The number of rotatable bonds is 6. The van der Waals surface area contributed by atoms with Crippen LogP contribution >= 0.6 is 0 Å². The molecule has 0 radical (unpaired) electrons. The first-order chi connectivity index (χ1) is 13.8. The lowest BCUT2D eigenvalue weighted by molar-refractivity contribution is -0.118. The third-order valence-corrected chi connectivity index (χ3v) is 5.49. The summed E-state index contributed by atoms with van der Waals surface area (Å²) in [6.07, 6.45) is -0.238. The molecule has 0 aromatic heterocycles. The highest BCUT2D eigenvalue weighted by atomic mass is 19.1. The molecule has 29 heavy (non-hydrogen) atoms. The van der Waals surface area contributed by atoms with Crippen LogP contribution in [0.4, 0.5) is 4.39 Å². The van der Waals surface area contributed by atoms with E-state index in [0.717, 1.165) is 17.5 Å². The van der Waals surface area contributed by atoms with E-state index in [-0.39, 0.29) is 17.6 Å². The summed E-state index contributed by atoms with van der Waals surface area (Å²) in [5.74, 6) is 0.153. The molecular formula is C23H28FNO4. The number of benzene rings is 2. The molecule has 6 heteroatoms. The molecule has 0 spiro atoms. The predicted octanol–water partition coefficient (Wildman–Crippen LogP) is 3.07. The van der Waals surface area contributed by atoms with Gasteiger partial charge in [-0.15, -0.1) is 0 Å². The zero-order valence-electron chi connectivity index (χ0n) is 16.8. The molecule has 2 aromatic rings. The molecule has 0 heterocycles. The first kappa shape index (κ1) is 21.3. The van der Waals surface area contributed by atoms with Gasteiger partial charge in [-0.2, -0.15) is 0 Å². The van der Waals surface area contributed by atoms with E-state index in [1.165, 1.54) is 19.1 Å². The third kappa shape index (κ3) is 5.34. The SMILES string of the molecule is CC(=O)NCCc1ccc(OC2CCC(C)C(O)C2O)cc1-c1cccc(F)c1. The fraction of sp³-hybridized carbons (Fsp3) is 0.435. The van der Waals surface area contributed by atoms with Gasteiger partial charge in [-0.05, 0) is 66.1 Å². The van der Waals surface area contributed by atoms with Gasteiger partial charge in [0.1, 0.15) is 23.8 Å². The first-order valence-corrected chi connectivity index (χ1v) is 10.0. The van der Waals surface area contributed by atoms with Crippen LogP contribution in [-0.2, 0) is 11.2 Å². The Labute approximate surface area is 170 Å². The van der Waals surface area contributed by atoms with Crippen LogP contribution in [0.15, 0.2) is 42.5 Å². The van der Waals surface area contributed by atoms with E-state index >= 15 is 0 Å². The maximum atomic E-state index is 13.8. The summed E-state index contributed by atoms with van der Waals surface area (Å²) in [7, 11) is 0. The summed E-state index contributed by atoms with van der Waals surface area (Å²) in [5, 5.41) is 23.3. The highest BCUT2D eigenvalue weighted by Gasteiger charge is 2.36. The maximum Gasteiger partial charge on any atom is 0.216 e. The molecule has 156 valence electrons. The Morgan fingerprint density at radius 3 is 2.69 bits per heavy atom. The van der Waals surface area contributed by atoms with Crippen molar-refractivity contribution >= 4 is 5.91 Å². The summed E-state index contributed by atoms with van der Waals surface area (Å²) in [6.45, 7) is 3.86. The molecule has 5 nitrogen and oxygen atoms in total. The third-order valence-electron chi connectivity index (χ3n) is 5.49. The summed E-state index contributed by atoms with van der Waals surface area (Å²) >= 11 is 0. The average molecular weight is 401 g/mol. The second-order valence-corrected chi connectivity index (χ2v) is 7.75. The highest BCUT2D eigenvalue weighted by Crippen LogP contribution is 2.32. The Bertz CT molecular complexity index is 857. The van der Waals surface area contributed by atoms with Crippen LogP contribution in [0, 0.1) is 11.7 Å². The van der Waals surface area contributed by atoms with E-state index in [1.807, 2.05) is 31.2 Å². The zero-order chi connectivity index (χ0) is 21.0. The molecule has 1 aliphatic rings. The second-order valence-electron chi connectivity index (χ2n) is 7.75. The minimum absolute atomic E-state index is 0.0313. The Hall–Kier alpha value is -2.44. The molecule has 2 aromatic carbocycles. The van der Waals surface area contributed by atoms with Gasteiger partial charge in [0.15, 0.2) is 0 Å². The van der Waals surface area contributed by atoms with Gasteiger partial charge in [0.2, 0.25) is 5.91 Å². The molecule has 0 aliphatic heterocycles.